The number of benzene rings is 2. The van der Waals surface area contributed by atoms with Crippen molar-refractivity contribution in [2.45, 2.75) is 218 Å². The fourth-order valence-electron chi connectivity index (χ4n) is 13.4. The van der Waals surface area contributed by atoms with E-state index < -0.39 is 184 Å². The highest BCUT2D eigenvalue weighted by molar-refractivity contribution is 6.31. The second-order valence-corrected chi connectivity index (χ2v) is 28.4. The maximum Gasteiger partial charge on any atom is 0.417 e. The molecule has 4 aliphatic rings. The molecule has 11 amide bonds. The van der Waals surface area contributed by atoms with Crippen LogP contribution in [0.3, 0.4) is 0 Å². The Morgan fingerprint density at radius 3 is 1.80 bits per heavy atom. The van der Waals surface area contributed by atoms with Gasteiger partial charge in [-0.05, 0) is 119 Å². The summed E-state index contributed by atoms with van der Waals surface area (Å²) in [6.07, 6.45) is -9.88. The molecule has 1 aliphatic carbocycles. The first-order valence-corrected chi connectivity index (χ1v) is 34.8. The van der Waals surface area contributed by atoms with Gasteiger partial charge >= 0.3 is 12.4 Å². The largest absolute Gasteiger partial charge is 0.417 e. The predicted octanol–water partition coefficient (Wildman–Crippen LogP) is 6.34. The van der Waals surface area contributed by atoms with Gasteiger partial charge in [0, 0.05) is 87.3 Å². The lowest BCUT2D eigenvalue weighted by molar-refractivity contribution is -0.160. The van der Waals surface area contributed by atoms with Crippen LogP contribution in [-0.2, 0) is 82.7 Å². The van der Waals surface area contributed by atoms with Crippen molar-refractivity contribution in [3.8, 4) is 0 Å². The minimum Gasteiger partial charge on any atom is -0.377 e. The average Bonchev–Trinajstić information content (AvgIpc) is 1.10. The summed E-state index contributed by atoms with van der Waals surface area (Å²) in [5.74, 6) is -9.16. The Morgan fingerprint density at radius 2 is 1.27 bits per heavy atom. The molecule has 1 saturated carbocycles. The number of nitrogens with zero attached hydrogens (tertiary/aromatic N) is 8. The van der Waals surface area contributed by atoms with Gasteiger partial charge in [-0.25, -0.2) is 0 Å². The van der Waals surface area contributed by atoms with Crippen LogP contribution in [-0.4, -0.2) is 239 Å². The Hall–Kier alpha value is -7.56. The number of fused-ring (bicyclic) bond motifs is 2. The second kappa shape index (κ2) is 33.9. The third-order valence-corrected chi connectivity index (χ3v) is 21.0. The Bertz CT molecular complexity index is 3320. The van der Waals surface area contributed by atoms with Crippen molar-refractivity contribution < 1.29 is 83.8 Å². The number of likely N-dealkylation sites (N-methyl/N-ethyl adjacent to an activating group) is 6. The SMILES string of the molecule is CCO[C@@H]1C[C@H]2C(=O)NC3(CCC3)C(=O)N(C)[C@@H]([C@@H](C)CC)C(=O)N(C)[C@H](C)CC(=O)N(C)[C@@H](CC(C)C)C(=O)N[C@@H]([C@@H](C)CC)C(=O)N(C)[C@@H](C)C(=O)N3CC[C@H]3C(=O)N(C)[C@@H](Cc3ccc(C(F)(F)F)cc3)C(=O)N(C)CC(=O)N[C@@H](CCc3ccc(C(F)(F)F)c(Cl)c3)C(=O)N2C1. The van der Waals surface area contributed by atoms with Gasteiger partial charge in [-0.15, -0.1) is 0 Å². The Labute approximate surface area is 587 Å². The number of nitrogens with one attached hydrogen (secondary N) is 3. The van der Waals surface area contributed by atoms with Crippen molar-refractivity contribution in [2.24, 2.45) is 17.8 Å². The molecule has 3 aliphatic heterocycles. The first kappa shape index (κ1) is 81.4. The van der Waals surface area contributed by atoms with E-state index in [1.807, 2.05) is 20.8 Å². The van der Waals surface area contributed by atoms with Crippen LogP contribution in [0.1, 0.15) is 149 Å². The normalized spacial score (nSPS) is 26.9. The number of hydrogen-bond acceptors (Lipinski definition) is 12. The molecule has 3 N–H and O–H groups in total. The second-order valence-electron chi connectivity index (χ2n) is 28.0. The van der Waals surface area contributed by atoms with E-state index in [9.17, 15) is 64.7 Å². The zero-order valence-corrected chi connectivity index (χ0v) is 60.7. The predicted molar refractivity (Wildman–Crippen MR) is 359 cm³/mol. The maximum absolute atomic E-state index is 15.3. The molecule has 23 nitrogen and oxygen atoms in total. The number of aryl methyl sites for hydroxylation is 1. The molecular formula is C70H100ClF6N11O12. The van der Waals surface area contributed by atoms with Crippen molar-refractivity contribution in [1.29, 1.82) is 0 Å². The van der Waals surface area contributed by atoms with Gasteiger partial charge in [0.1, 0.15) is 53.9 Å². The van der Waals surface area contributed by atoms with Gasteiger partial charge in [0.25, 0.3) is 0 Å². The zero-order valence-electron chi connectivity index (χ0n) is 60.0. The first-order valence-electron chi connectivity index (χ1n) is 34.4. The zero-order chi connectivity index (χ0) is 75.0. The number of amides is 11. The van der Waals surface area contributed by atoms with Crippen molar-refractivity contribution in [3.63, 3.8) is 0 Å². The van der Waals surface area contributed by atoms with Gasteiger partial charge in [0.15, 0.2) is 0 Å². The monoisotopic (exact) mass is 1440 g/mol. The smallest absolute Gasteiger partial charge is 0.377 e. The third-order valence-electron chi connectivity index (χ3n) is 20.7. The van der Waals surface area contributed by atoms with Crippen LogP contribution in [0.5, 0.6) is 0 Å². The first-order chi connectivity index (χ1) is 46.6. The molecule has 2 aromatic rings. The van der Waals surface area contributed by atoms with Crippen LogP contribution in [0.15, 0.2) is 42.5 Å². The van der Waals surface area contributed by atoms with Crippen LogP contribution in [0.25, 0.3) is 0 Å². The molecule has 0 aromatic heterocycles. The molecule has 100 heavy (non-hydrogen) atoms. The summed E-state index contributed by atoms with van der Waals surface area (Å²) in [5, 5.41) is 7.83. The van der Waals surface area contributed by atoms with Gasteiger partial charge in [-0.1, -0.05) is 84.2 Å². The Balaban J connectivity index is 1.44. The topological polar surface area (TPSA) is 259 Å². The Kier molecular flexibility index (Phi) is 27.6. The number of halogens is 7. The van der Waals surface area contributed by atoms with E-state index in [-0.39, 0.29) is 88.1 Å². The van der Waals surface area contributed by atoms with Crippen molar-refractivity contribution in [3.05, 3.63) is 69.7 Å². The summed E-state index contributed by atoms with van der Waals surface area (Å²) >= 11 is 6.13. The van der Waals surface area contributed by atoms with E-state index in [1.165, 1.54) is 73.7 Å². The summed E-state index contributed by atoms with van der Waals surface area (Å²) in [5.41, 5.74) is -3.35. The van der Waals surface area contributed by atoms with E-state index in [4.69, 9.17) is 16.3 Å². The highest BCUT2D eigenvalue weighted by atomic mass is 35.5. The van der Waals surface area contributed by atoms with Crippen molar-refractivity contribution in [1.82, 2.24) is 55.1 Å². The lowest BCUT2D eigenvalue weighted by atomic mass is 9.74. The quantitative estimate of drug-likeness (QED) is 0.186. The van der Waals surface area contributed by atoms with Gasteiger partial charge in [0.05, 0.1) is 28.8 Å². The number of hydrogen-bond donors (Lipinski definition) is 3. The summed E-state index contributed by atoms with van der Waals surface area (Å²) in [7, 11) is 8.23. The van der Waals surface area contributed by atoms with Gasteiger partial charge in [-0.2, -0.15) is 26.3 Å². The summed E-state index contributed by atoms with van der Waals surface area (Å²) in [6, 6.07) is -4.53. The molecule has 6 rings (SSSR count). The van der Waals surface area contributed by atoms with Crippen molar-refractivity contribution >= 4 is 76.6 Å². The molecule has 3 heterocycles. The summed E-state index contributed by atoms with van der Waals surface area (Å²) < 4.78 is 89.1. The van der Waals surface area contributed by atoms with Crippen LogP contribution >= 0.6 is 11.6 Å². The number of carbonyl (C=O) groups excluding carboxylic acids is 11. The number of alkyl halides is 6. The molecule has 556 valence electrons. The Morgan fingerprint density at radius 1 is 0.650 bits per heavy atom. The molecule has 1 spiro atoms. The summed E-state index contributed by atoms with van der Waals surface area (Å²) in [6.45, 7) is 14.8. The number of carbonyl (C=O) groups is 11. The highest BCUT2D eigenvalue weighted by Gasteiger charge is 2.53. The van der Waals surface area contributed by atoms with E-state index in [0.717, 1.165) is 57.2 Å². The van der Waals surface area contributed by atoms with Crippen LogP contribution in [0.4, 0.5) is 26.3 Å². The molecule has 0 unspecified atom stereocenters. The lowest BCUT2D eigenvalue weighted by Crippen LogP contribution is -2.68. The molecule has 0 bridgehead atoms. The van der Waals surface area contributed by atoms with Crippen LogP contribution < -0.4 is 16.0 Å². The van der Waals surface area contributed by atoms with Crippen LogP contribution in [0, 0.1) is 17.8 Å². The molecule has 0 radical (unpaired) electrons. The van der Waals surface area contributed by atoms with Gasteiger partial charge in [0.2, 0.25) is 65.0 Å². The van der Waals surface area contributed by atoms with E-state index in [2.05, 4.69) is 16.0 Å². The van der Waals surface area contributed by atoms with E-state index in [0.29, 0.717) is 19.3 Å². The molecule has 3 saturated heterocycles. The lowest BCUT2D eigenvalue weighted by Gasteiger charge is -2.46. The van der Waals surface area contributed by atoms with Gasteiger partial charge < -0.3 is 59.9 Å². The van der Waals surface area contributed by atoms with E-state index >= 15 is 14.4 Å². The molecule has 30 heteroatoms. The fraction of sp³-hybridized carbons (Fsp3) is 0.671. The minimum atomic E-state index is -4.81. The average molecular weight is 1440 g/mol. The molecular weight excluding hydrogens is 1340 g/mol. The fourth-order valence-corrected chi connectivity index (χ4v) is 13.7. The van der Waals surface area contributed by atoms with Crippen molar-refractivity contribution in [2.75, 3.05) is 68.5 Å². The number of ether oxygens (including phenoxy) is 1. The number of rotatable bonds is 13. The maximum atomic E-state index is 15.3. The minimum absolute atomic E-state index is 0.0231. The highest BCUT2D eigenvalue weighted by Crippen LogP contribution is 2.38. The standard InChI is InChI=1S/C70H100ClF6N11O12/c1-16-40(6)57-65(97)83(12)43(9)61(93)87-31-28-51(87)64(96)85(14)54(35-45-20-24-46(25-21-45)69(72,73)74)63(95)81(10)38-55(89)78-50(27-23-44-22-26-48(49(71)34-44)70(75,76)77)62(94)88-37-47(100-18-3)36-53(88)60(92)80-68(29-19-30-68)67(99)86(15)58(41(7)17-2)66(98)82(11)42(8)33-56(90)84(13)52(32-39(4)5)59(91)79-57/h20-22,24-26,34,39-43,47,50-54,57-58H,16-19,23,27-33,35-38H2,1-15H3,(H,78,89)(H,79,91)(H,80,92)/t40-,41-,42+,43-,47+,50-,51-,52-,53-,54-,57-,58-/m0/s1. The van der Waals surface area contributed by atoms with E-state index in [1.54, 1.807) is 34.6 Å². The molecule has 4 fully saturated rings. The molecule has 2 aromatic carbocycles. The summed E-state index contributed by atoms with van der Waals surface area (Å²) in [4.78, 5) is 173. The third kappa shape index (κ3) is 18.9. The van der Waals surface area contributed by atoms with Crippen LogP contribution in [0.2, 0.25) is 5.02 Å². The molecule has 12 atom stereocenters. The van der Waals surface area contributed by atoms with Gasteiger partial charge in [-0.3, -0.25) is 52.7 Å².